The van der Waals surface area contributed by atoms with Gasteiger partial charge in [0.15, 0.2) is 0 Å². The van der Waals surface area contributed by atoms with Gasteiger partial charge in [-0.15, -0.1) is 0 Å². The Morgan fingerprint density at radius 1 is 1.47 bits per heavy atom. The Labute approximate surface area is 100 Å². The lowest BCUT2D eigenvalue weighted by molar-refractivity contribution is -0.385. The van der Waals surface area contributed by atoms with E-state index in [1.165, 1.54) is 6.07 Å². The van der Waals surface area contributed by atoms with Gasteiger partial charge in [-0.2, -0.15) is 0 Å². The largest absolute Gasteiger partial charge is 0.393 e. The van der Waals surface area contributed by atoms with Gasteiger partial charge in [0.05, 0.1) is 11.0 Å². The van der Waals surface area contributed by atoms with Gasteiger partial charge in [0.25, 0.3) is 5.69 Å². The van der Waals surface area contributed by atoms with E-state index in [4.69, 9.17) is 4.74 Å². The molecule has 0 fully saturated rings. The third-order valence-corrected chi connectivity index (χ3v) is 2.44. The van der Waals surface area contributed by atoms with Crippen molar-refractivity contribution in [3.05, 3.63) is 39.9 Å². The molecule has 1 unspecified atom stereocenters. The molecule has 0 radical (unpaired) electrons. The van der Waals surface area contributed by atoms with Crippen LogP contribution in [-0.2, 0) is 11.2 Å². The molecule has 1 aromatic rings. The van der Waals surface area contributed by atoms with Crippen LogP contribution in [0.25, 0.3) is 0 Å². The molecule has 0 saturated carbocycles. The van der Waals surface area contributed by atoms with Crippen LogP contribution >= 0.6 is 0 Å². The fraction of sp³-hybridized carbons (Fsp3) is 0.500. The van der Waals surface area contributed by atoms with Crippen LogP contribution in [0.4, 0.5) is 5.69 Å². The van der Waals surface area contributed by atoms with Gasteiger partial charge in [0.1, 0.15) is 0 Å². The second-order valence-electron chi connectivity index (χ2n) is 3.73. The minimum absolute atomic E-state index is 0.0583. The van der Waals surface area contributed by atoms with Crippen LogP contribution in [0.2, 0.25) is 0 Å². The Hall–Kier alpha value is -1.46. The Balaban J connectivity index is 2.58. The summed E-state index contributed by atoms with van der Waals surface area (Å²) in [6, 6.07) is 6.47. The van der Waals surface area contributed by atoms with E-state index in [0.717, 1.165) is 0 Å². The molecule has 0 aliphatic rings. The molecular weight excluding hydrogens is 222 g/mol. The van der Waals surface area contributed by atoms with Gasteiger partial charge in [-0.1, -0.05) is 18.2 Å². The van der Waals surface area contributed by atoms with E-state index in [1.807, 2.05) is 6.92 Å². The van der Waals surface area contributed by atoms with E-state index < -0.39 is 11.0 Å². The number of rotatable bonds is 7. The van der Waals surface area contributed by atoms with Gasteiger partial charge >= 0.3 is 0 Å². The number of nitro groups is 1. The van der Waals surface area contributed by atoms with Crippen LogP contribution in [0.15, 0.2) is 24.3 Å². The molecule has 0 bridgehead atoms. The van der Waals surface area contributed by atoms with Gasteiger partial charge in [-0.25, -0.2) is 0 Å². The lowest BCUT2D eigenvalue weighted by Gasteiger charge is -2.10. The van der Waals surface area contributed by atoms with Crippen molar-refractivity contribution >= 4 is 5.69 Å². The average molecular weight is 239 g/mol. The molecule has 0 aromatic heterocycles. The van der Waals surface area contributed by atoms with Crippen molar-refractivity contribution in [3.8, 4) is 0 Å². The number of nitro benzene ring substituents is 1. The highest BCUT2D eigenvalue weighted by molar-refractivity contribution is 5.40. The number of hydrogen-bond acceptors (Lipinski definition) is 4. The summed E-state index contributed by atoms with van der Waals surface area (Å²) < 4.78 is 5.13. The zero-order valence-electron chi connectivity index (χ0n) is 9.83. The maximum atomic E-state index is 10.8. The van der Waals surface area contributed by atoms with Crippen LogP contribution in [0.1, 0.15) is 18.9 Å². The lowest BCUT2D eigenvalue weighted by atomic mass is 10.0. The number of nitrogens with zero attached hydrogens (tertiary/aromatic N) is 1. The topological polar surface area (TPSA) is 72.6 Å². The first-order valence-electron chi connectivity index (χ1n) is 5.63. The Bertz CT molecular complexity index is 367. The third-order valence-electron chi connectivity index (χ3n) is 2.44. The lowest BCUT2D eigenvalue weighted by Crippen LogP contribution is -2.14. The number of benzene rings is 1. The molecule has 1 N–H and O–H groups in total. The molecule has 5 heteroatoms. The number of ether oxygens (including phenoxy) is 1. The number of para-hydroxylation sites is 1. The average Bonchev–Trinajstić information content (AvgIpc) is 2.29. The highest BCUT2D eigenvalue weighted by Crippen LogP contribution is 2.19. The molecule has 1 atom stereocenters. The fourth-order valence-electron chi connectivity index (χ4n) is 1.58. The van der Waals surface area contributed by atoms with Crippen LogP contribution < -0.4 is 0 Å². The molecule has 0 amide bonds. The smallest absolute Gasteiger partial charge is 0.272 e. The fourth-order valence-corrected chi connectivity index (χ4v) is 1.58. The summed E-state index contributed by atoms with van der Waals surface area (Å²) in [6.45, 7) is 2.96. The standard InChI is InChI=1S/C12H17NO4/c1-2-17-8-7-11(14)9-10-5-3-4-6-12(10)13(15)16/h3-6,11,14H,2,7-9H2,1H3. The molecule has 0 aliphatic carbocycles. The SMILES string of the molecule is CCOCCC(O)Cc1ccccc1[N+](=O)[O-]. The first-order valence-corrected chi connectivity index (χ1v) is 5.63. The monoisotopic (exact) mass is 239 g/mol. The van der Waals surface area contributed by atoms with Crippen LogP contribution in [-0.4, -0.2) is 29.3 Å². The van der Waals surface area contributed by atoms with Gasteiger partial charge < -0.3 is 9.84 Å². The zero-order chi connectivity index (χ0) is 12.7. The van der Waals surface area contributed by atoms with Crippen molar-refractivity contribution in [2.24, 2.45) is 0 Å². The first kappa shape index (κ1) is 13.6. The predicted octanol–water partition coefficient (Wildman–Crippen LogP) is 1.92. The summed E-state index contributed by atoms with van der Waals surface area (Å²) in [5, 5.41) is 20.5. The maximum absolute atomic E-state index is 10.8. The summed E-state index contributed by atoms with van der Waals surface area (Å²) in [4.78, 5) is 10.3. The molecule has 1 rings (SSSR count). The second-order valence-corrected chi connectivity index (χ2v) is 3.73. The highest BCUT2D eigenvalue weighted by atomic mass is 16.6. The summed E-state index contributed by atoms with van der Waals surface area (Å²) in [5.41, 5.74) is 0.615. The molecule has 5 nitrogen and oxygen atoms in total. The summed E-state index contributed by atoms with van der Waals surface area (Å²) in [7, 11) is 0. The summed E-state index contributed by atoms with van der Waals surface area (Å²) in [5.74, 6) is 0. The molecule has 94 valence electrons. The van der Waals surface area contributed by atoms with Crippen LogP contribution in [0, 0.1) is 10.1 Å². The van der Waals surface area contributed by atoms with E-state index in [1.54, 1.807) is 18.2 Å². The molecule has 0 heterocycles. The van der Waals surface area contributed by atoms with Gasteiger partial charge in [-0.05, 0) is 13.3 Å². The Morgan fingerprint density at radius 2 is 2.18 bits per heavy atom. The number of hydrogen-bond donors (Lipinski definition) is 1. The zero-order valence-corrected chi connectivity index (χ0v) is 9.83. The van der Waals surface area contributed by atoms with Crippen LogP contribution in [0.3, 0.4) is 0 Å². The molecule has 1 aromatic carbocycles. The minimum atomic E-state index is -0.609. The van der Waals surface area contributed by atoms with E-state index in [2.05, 4.69) is 0 Å². The van der Waals surface area contributed by atoms with E-state index in [0.29, 0.717) is 25.2 Å². The van der Waals surface area contributed by atoms with Gasteiger partial charge in [0.2, 0.25) is 0 Å². The van der Waals surface area contributed by atoms with E-state index in [9.17, 15) is 15.2 Å². The Morgan fingerprint density at radius 3 is 2.82 bits per heavy atom. The van der Waals surface area contributed by atoms with Crippen molar-refractivity contribution in [3.63, 3.8) is 0 Å². The first-order chi connectivity index (χ1) is 8.15. The number of aliphatic hydroxyl groups excluding tert-OH is 1. The van der Waals surface area contributed by atoms with Crippen molar-refractivity contribution < 1.29 is 14.8 Å². The van der Waals surface area contributed by atoms with E-state index in [-0.39, 0.29) is 12.1 Å². The van der Waals surface area contributed by atoms with Gasteiger partial charge in [0, 0.05) is 31.3 Å². The normalized spacial score (nSPS) is 12.4. The molecule has 17 heavy (non-hydrogen) atoms. The predicted molar refractivity (Wildman–Crippen MR) is 63.9 cm³/mol. The van der Waals surface area contributed by atoms with E-state index >= 15 is 0 Å². The summed E-state index contributed by atoms with van der Waals surface area (Å²) in [6.07, 6.45) is 0.159. The molecule has 0 aliphatic heterocycles. The summed E-state index contributed by atoms with van der Waals surface area (Å²) >= 11 is 0. The van der Waals surface area contributed by atoms with Crippen molar-refractivity contribution in [2.45, 2.75) is 25.9 Å². The molecular formula is C12H17NO4. The van der Waals surface area contributed by atoms with Crippen molar-refractivity contribution in [1.29, 1.82) is 0 Å². The maximum Gasteiger partial charge on any atom is 0.272 e. The van der Waals surface area contributed by atoms with Crippen molar-refractivity contribution in [1.82, 2.24) is 0 Å². The quantitative estimate of drug-likeness (QED) is 0.448. The molecule has 0 saturated heterocycles. The van der Waals surface area contributed by atoms with Crippen LogP contribution in [0.5, 0.6) is 0 Å². The third kappa shape index (κ3) is 4.50. The second kappa shape index (κ2) is 6.98. The Kier molecular flexibility index (Phi) is 5.59. The van der Waals surface area contributed by atoms with Gasteiger partial charge in [-0.3, -0.25) is 10.1 Å². The molecule has 0 spiro atoms. The van der Waals surface area contributed by atoms with Crippen molar-refractivity contribution in [2.75, 3.05) is 13.2 Å². The number of aliphatic hydroxyl groups is 1. The minimum Gasteiger partial charge on any atom is -0.393 e. The highest BCUT2D eigenvalue weighted by Gasteiger charge is 2.15.